The maximum absolute atomic E-state index is 11.4. The Morgan fingerprint density at radius 3 is 2.76 bits per heavy atom. The van der Waals surface area contributed by atoms with Gasteiger partial charge in [0.1, 0.15) is 5.69 Å². The molecule has 1 aliphatic rings. The summed E-state index contributed by atoms with van der Waals surface area (Å²) >= 11 is 0. The molecule has 0 amide bonds. The van der Waals surface area contributed by atoms with E-state index in [-0.39, 0.29) is 34.7 Å². The van der Waals surface area contributed by atoms with Crippen LogP contribution in [0, 0.1) is 10.1 Å². The molecule has 3 N–H and O–H groups in total. The topological polar surface area (TPSA) is 108 Å². The van der Waals surface area contributed by atoms with Crippen LogP contribution in [0.2, 0.25) is 0 Å². The first-order chi connectivity index (χ1) is 9.86. The Balaban J connectivity index is 2.29. The molecule has 0 aliphatic heterocycles. The fourth-order valence-corrected chi connectivity index (χ4v) is 2.65. The quantitative estimate of drug-likeness (QED) is 0.606. The minimum absolute atomic E-state index is 0.0120. The lowest BCUT2D eigenvalue weighted by Crippen LogP contribution is -2.60. The summed E-state index contributed by atoms with van der Waals surface area (Å²) in [6, 6.07) is -0.197. The van der Waals surface area contributed by atoms with Gasteiger partial charge in [0.15, 0.2) is 0 Å². The highest BCUT2D eigenvalue weighted by atomic mass is 16.6. The van der Waals surface area contributed by atoms with Gasteiger partial charge in [-0.25, -0.2) is 4.68 Å². The molecule has 0 radical (unpaired) electrons. The second-order valence-electron chi connectivity index (χ2n) is 5.68. The van der Waals surface area contributed by atoms with Gasteiger partial charge in [-0.3, -0.25) is 10.1 Å². The molecule has 8 nitrogen and oxygen atoms in total. The Morgan fingerprint density at radius 2 is 2.29 bits per heavy atom. The number of nitrogens with one attached hydrogen (secondary N) is 1. The van der Waals surface area contributed by atoms with E-state index in [0.717, 1.165) is 6.42 Å². The Bertz CT molecular complexity index is 526. The number of rotatable bonds is 6. The van der Waals surface area contributed by atoms with Gasteiger partial charge in [0, 0.05) is 25.6 Å². The zero-order valence-corrected chi connectivity index (χ0v) is 12.9. The summed E-state index contributed by atoms with van der Waals surface area (Å²) in [5.74, 6) is 0.374. The highest BCUT2D eigenvalue weighted by Gasteiger charge is 2.41. The minimum atomic E-state index is -0.384. The number of anilines is 1. The smallest absolute Gasteiger partial charge is 0.334 e. The molecule has 3 unspecified atom stereocenters. The van der Waals surface area contributed by atoms with Crippen molar-refractivity contribution in [2.24, 2.45) is 12.8 Å². The van der Waals surface area contributed by atoms with Crippen LogP contribution < -0.4 is 11.1 Å². The Labute approximate surface area is 123 Å². The summed E-state index contributed by atoms with van der Waals surface area (Å²) < 4.78 is 7.10. The number of aromatic nitrogens is 2. The summed E-state index contributed by atoms with van der Waals surface area (Å²) in [6.07, 6.45) is 0.746. The van der Waals surface area contributed by atoms with E-state index in [9.17, 15) is 10.1 Å². The van der Waals surface area contributed by atoms with Crippen molar-refractivity contribution >= 4 is 11.5 Å². The average Bonchev–Trinajstić information content (AvgIpc) is 2.73. The second kappa shape index (κ2) is 5.98. The molecule has 1 saturated carbocycles. The predicted octanol–water partition coefficient (Wildman–Crippen LogP) is 1.37. The highest BCUT2D eigenvalue weighted by molar-refractivity contribution is 5.61. The Hall–Kier alpha value is -1.67. The van der Waals surface area contributed by atoms with Crippen LogP contribution in [-0.2, 0) is 11.8 Å². The lowest BCUT2D eigenvalue weighted by Gasteiger charge is -2.42. The third-order valence-electron chi connectivity index (χ3n) is 3.83. The van der Waals surface area contributed by atoms with Crippen molar-refractivity contribution in [1.29, 1.82) is 0 Å². The molecule has 0 spiro atoms. The van der Waals surface area contributed by atoms with Gasteiger partial charge in [-0.05, 0) is 13.3 Å². The minimum Gasteiger partial charge on any atom is -0.376 e. The van der Waals surface area contributed by atoms with Crippen LogP contribution in [0.5, 0.6) is 0 Å². The van der Waals surface area contributed by atoms with Crippen LogP contribution >= 0.6 is 0 Å². The van der Waals surface area contributed by atoms with E-state index in [4.69, 9.17) is 10.5 Å². The van der Waals surface area contributed by atoms with Crippen LogP contribution in [0.15, 0.2) is 0 Å². The van der Waals surface area contributed by atoms with Gasteiger partial charge in [0.05, 0.1) is 17.1 Å². The number of aryl methyl sites for hydroxylation is 1. The maximum Gasteiger partial charge on any atom is 0.334 e. The third kappa shape index (κ3) is 2.86. The van der Waals surface area contributed by atoms with Crippen molar-refractivity contribution in [2.45, 2.75) is 51.3 Å². The van der Waals surface area contributed by atoms with Gasteiger partial charge in [-0.15, -0.1) is 0 Å². The standard InChI is InChI=1S/C13H23N5O3/c1-5-21-9-6-8(14)11(9)15-13-12(18(19)20)10(7(2)3)16-17(13)4/h7-9,11,15H,5-6,14H2,1-4H3. The van der Waals surface area contributed by atoms with Gasteiger partial charge in [-0.2, -0.15) is 5.10 Å². The fraction of sp³-hybridized carbons (Fsp3) is 0.769. The molecule has 2 rings (SSSR count). The SMILES string of the molecule is CCOC1CC(N)C1Nc1c([N+](=O)[O-])c(C(C)C)nn1C. The largest absolute Gasteiger partial charge is 0.376 e. The maximum atomic E-state index is 11.4. The zero-order valence-electron chi connectivity index (χ0n) is 12.9. The molecule has 1 fully saturated rings. The first-order valence-electron chi connectivity index (χ1n) is 7.21. The molecule has 1 heterocycles. The molecule has 1 aliphatic carbocycles. The molecule has 0 aromatic carbocycles. The molecule has 21 heavy (non-hydrogen) atoms. The van der Waals surface area contributed by atoms with Gasteiger partial charge in [0.2, 0.25) is 5.82 Å². The van der Waals surface area contributed by atoms with E-state index >= 15 is 0 Å². The first kappa shape index (κ1) is 15.7. The molecular formula is C13H23N5O3. The molecule has 3 atom stereocenters. The summed E-state index contributed by atoms with van der Waals surface area (Å²) in [7, 11) is 1.70. The Kier molecular flexibility index (Phi) is 4.48. The third-order valence-corrected chi connectivity index (χ3v) is 3.83. The number of hydrogen-bond acceptors (Lipinski definition) is 6. The zero-order chi connectivity index (χ0) is 15.7. The molecule has 118 valence electrons. The molecule has 0 saturated heterocycles. The van der Waals surface area contributed by atoms with Gasteiger partial charge < -0.3 is 15.8 Å². The summed E-state index contributed by atoms with van der Waals surface area (Å²) in [5, 5.41) is 18.8. The second-order valence-corrected chi connectivity index (χ2v) is 5.68. The van der Waals surface area contributed by atoms with Crippen molar-refractivity contribution in [3.8, 4) is 0 Å². The van der Waals surface area contributed by atoms with E-state index in [1.54, 1.807) is 7.05 Å². The van der Waals surface area contributed by atoms with Crippen LogP contribution in [0.1, 0.15) is 38.8 Å². The summed E-state index contributed by atoms with van der Waals surface area (Å²) in [4.78, 5) is 11.0. The van der Waals surface area contributed by atoms with Crippen molar-refractivity contribution in [2.75, 3.05) is 11.9 Å². The normalized spacial score (nSPS) is 25.0. The molecule has 1 aromatic rings. The monoisotopic (exact) mass is 297 g/mol. The van der Waals surface area contributed by atoms with Crippen LogP contribution in [0.25, 0.3) is 0 Å². The van der Waals surface area contributed by atoms with Crippen LogP contribution in [0.3, 0.4) is 0 Å². The van der Waals surface area contributed by atoms with Crippen molar-refractivity contribution in [1.82, 2.24) is 9.78 Å². The van der Waals surface area contributed by atoms with E-state index in [0.29, 0.717) is 18.1 Å². The van der Waals surface area contributed by atoms with E-state index < -0.39 is 0 Å². The van der Waals surface area contributed by atoms with Gasteiger partial charge >= 0.3 is 5.69 Å². The number of ether oxygens (including phenoxy) is 1. The summed E-state index contributed by atoms with van der Waals surface area (Å²) in [6.45, 7) is 6.29. The molecular weight excluding hydrogens is 274 g/mol. The number of hydrogen-bond donors (Lipinski definition) is 2. The number of nitro groups is 1. The lowest BCUT2D eigenvalue weighted by atomic mass is 9.83. The van der Waals surface area contributed by atoms with Crippen molar-refractivity contribution in [3.63, 3.8) is 0 Å². The summed E-state index contributed by atoms with van der Waals surface area (Å²) in [5.41, 5.74) is 6.50. The van der Waals surface area contributed by atoms with Crippen molar-refractivity contribution in [3.05, 3.63) is 15.8 Å². The molecule has 1 aromatic heterocycles. The van der Waals surface area contributed by atoms with Crippen LogP contribution in [0.4, 0.5) is 11.5 Å². The Morgan fingerprint density at radius 1 is 1.62 bits per heavy atom. The van der Waals surface area contributed by atoms with Crippen molar-refractivity contribution < 1.29 is 9.66 Å². The van der Waals surface area contributed by atoms with E-state index in [2.05, 4.69) is 10.4 Å². The van der Waals surface area contributed by atoms with Crippen LogP contribution in [-0.4, -0.2) is 39.5 Å². The molecule has 0 bridgehead atoms. The number of nitrogens with two attached hydrogens (primary N) is 1. The van der Waals surface area contributed by atoms with Gasteiger partial charge in [0.25, 0.3) is 0 Å². The number of nitrogens with zero attached hydrogens (tertiary/aromatic N) is 3. The molecule has 8 heteroatoms. The lowest BCUT2D eigenvalue weighted by molar-refractivity contribution is -0.384. The van der Waals surface area contributed by atoms with E-state index in [1.165, 1.54) is 4.68 Å². The first-order valence-corrected chi connectivity index (χ1v) is 7.21. The fourth-order valence-electron chi connectivity index (χ4n) is 2.65. The average molecular weight is 297 g/mol. The van der Waals surface area contributed by atoms with Gasteiger partial charge in [-0.1, -0.05) is 13.8 Å². The predicted molar refractivity (Wildman–Crippen MR) is 79.4 cm³/mol. The highest BCUT2D eigenvalue weighted by Crippen LogP contribution is 2.35. The van der Waals surface area contributed by atoms with E-state index in [1.807, 2.05) is 20.8 Å².